The number of thioether (sulfide) groups is 1. The summed E-state index contributed by atoms with van der Waals surface area (Å²) in [6.45, 7) is 2.38. The second kappa shape index (κ2) is 4.86. The van der Waals surface area contributed by atoms with E-state index in [1.54, 1.807) is 0 Å². The van der Waals surface area contributed by atoms with E-state index >= 15 is 0 Å². The lowest BCUT2D eigenvalue weighted by atomic mass is 10.2. The van der Waals surface area contributed by atoms with Crippen molar-refractivity contribution in [1.29, 1.82) is 0 Å². The van der Waals surface area contributed by atoms with Gasteiger partial charge in [-0.15, -0.1) is 11.6 Å². The van der Waals surface area contributed by atoms with Gasteiger partial charge >= 0.3 is 0 Å². The third kappa shape index (κ3) is 2.88. The fourth-order valence-corrected chi connectivity index (χ4v) is 1.96. The second-order valence-electron chi connectivity index (χ2n) is 3.13. The quantitative estimate of drug-likeness (QED) is 0.684. The van der Waals surface area contributed by atoms with Crippen LogP contribution in [0.15, 0.2) is 0 Å². The van der Waals surface area contributed by atoms with Crippen LogP contribution in [0.1, 0.15) is 13.3 Å². The number of carbonyl (C=O) groups is 2. The van der Waals surface area contributed by atoms with Crippen molar-refractivity contribution in [2.45, 2.75) is 13.3 Å². The first-order valence-electron chi connectivity index (χ1n) is 4.18. The van der Waals surface area contributed by atoms with Crippen LogP contribution in [-0.4, -0.2) is 34.2 Å². The fraction of sp³-hybridized carbons (Fsp3) is 0.750. The van der Waals surface area contributed by atoms with Crippen LogP contribution in [0, 0.1) is 5.92 Å². The normalized spacial score (nSPS) is 20.6. The Morgan fingerprint density at radius 1 is 1.62 bits per heavy atom. The smallest absolute Gasteiger partial charge is 0.274 e. The molecule has 0 aliphatic carbocycles. The molecule has 1 rings (SSSR count). The number of rotatable bonds is 3. The largest absolute Gasteiger partial charge is 0.288 e. The standard InChI is InChI=1S/C8H12ClNO2S/c1-6(4-9)5-10-7(11)2-3-13-8(10)12/h6H,2-5H2,1H3. The van der Waals surface area contributed by atoms with Crippen LogP contribution in [0.5, 0.6) is 0 Å². The molecule has 1 heterocycles. The van der Waals surface area contributed by atoms with Crippen LogP contribution >= 0.6 is 23.4 Å². The van der Waals surface area contributed by atoms with Gasteiger partial charge in [-0.2, -0.15) is 0 Å². The van der Waals surface area contributed by atoms with Crippen molar-refractivity contribution in [3.63, 3.8) is 0 Å². The molecule has 0 aromatic carbocycles. The van der Waals surface area contributed by atoms with Crippen LogP contribution in [0.2, 0.25) is 0 Å². The summed E-state index contributed by atoms with van der Waals surface area (Å²) in [6.07, 6.45) is 0.464. The van der Waals surface area contributed by atoms with Gasteiger partial charge in [0.2, 0.25) is 5.91 Å². The molecule has 5 heteroatoms. The summed E-state index contributed by atoms with van der Waals surface area (Å²) in [5.74, 6) is 1.19. The first kappa shape index (κ1) is 10.9. The first-order chi connectivity index (χ1) is 6.15. The Balaban J connectivity index is 2.54. The second-order valence-corrected chi connectivity index (χ2v) is 4.48. The summed E-state index contributed by atoms with van der Waals surface area (Å²) in [7, 11) is 0. The molecule has 1 saturated heterocycles. The minimum Gasteiger partial charge on any atom is -0.274 e. The maximum atomic E-state index is 11.3. The van der Waals surface area contributed by atoms with Crippen LogP contribution in [0.25, 0.3) is 0 Å². The van der Waals surface area contributed by atoms with Crippen LogP contribution in [-0.2, 0) is 4.79 Å². The lowest BCUT2D eigenvalue weighted by Gasteiger charge is -2.26. The Morgan fingerprint density at radius 2 is 2.31 bits per heavy atom. The van der Waals surface area contributed by atoms with Crippen LogP contribution in [0.3, 0.4) is 0 Å². The fourth-order valence-electron chi connectivity index (χ4n) is 1.08. The van der Waals surface area contributed by atoms with E-state index < -0.39 is 0 Å². The monoisotopic (exact) mass is 221 g/mol. The first-order valence-corrected chi connectivity index (χ1v) is 5.70. The summed E-state index contributed by atoms with van der Waals surface area (Å²) in [6, 6.07) is 0. The van der Waals surface area contributed by atoms with E-state index in [0.717, 1.165) is 0 Å². The zero-order chi connectivity index (χ0) is 9.84. The van der Waals surface area contributed by atoms with Gasteiger partial charge in [-0.25, -0.2) is 0 Å². The van der Waals surface area contributed by atoms with E-state index in [4.69, 9.17) is 11.6 Å². The topological polar surface area (TPSA) is 37.4 Å². The van der Waals surface area contributed by atoms with Crippen LogP contribution < -0.4 is 0 Å². The molecule has 0 aromatic rings. The summed E-state index contributed by atoms with van der Waals surface area (Å²) in [5.41, 5.74) is 0. The highest BCUT2D eigenvalue weighted by Crippen LogP contribution is 2.19. The molecule has 13 heavy (non-hydrogen) atoms. The third-order valence-corrected chi connectivity index (χ3v) is 3.22. The number of carbonyl (C=O) groups excluding carboxylic acids is 2. The maximum Gasteiger partial charge on any atom is 0.288 e. The van der Waals surface area contributed by atoms with Gasteiger partial charge < -0.3 is 0 Å². The molecule has 74 valence electrons. The molecule has 0 aromatic heterocycles. The Labute approximate surface area is 86.8 Å². The molecular weight excluding hydrogens is 210 g/mol. The van der Waals surface area contributed by atoms with E-state index in [-0.39, 0.29) is 17.1 Å². The van der Waals surface area contributed by atoms with Crippen molar-refractivity contribution in [2.24, 2.45) is 5.92 Å². The van der Waals surface area contributed by atoms with Gasteiger partial charge in [-0.05, 0) is 5.92 Å². The summed E-state index contributed by atoms with van der Waals surface area (Å²) < 4.78 is 0. The van der Waals surface area contributed by atoms with Gasteiger partial charge in [0.25, 0.3) is 5.24 Å². The molecule has 0 radical (unpaired) electrons. The molecule has 2 amide bonds. The minimum absolute atomic E-state index is 0.0688. The maximum absolute atomic E-state index is 11.3. The van der Waals surface area contributed by atoms with E-state index in [2.05, 4.69) is 0 Å². The Bertz CT molecular complexity index is 206. The van der Waals surface area contributed by atoms with E-state index in [1.165, 1.54) is 16.7 Å². The zero-order valence-corrected chi connectivity index (χ0v) is 9.03. The highest BCUT2D eigenvalue weighted by atomic mass is 35.5. The lowest BCUT2D eigenvalue weighted by molar-refractivity contribution is -0.128. The summed E-state index contributed by atoms with van der Waals surface area (Å²) >= 11 is 6.82. The average molecular weight is 222 g/mol. The number of hydrogen-bond donors (Lipinski definition) is 0. The predicted molar refractivity (Wildman–Crippen MR) is 54.1 cm³/mol. The van der Waals surface area contributed by atoms with Gasteiger partial charge in [0, 0.05) is 24.6 Å². The molecular formula is C8H12ClNO2S. The van der Waals surface area contributed by atoms with Crippen molar-refractivity contribution < 1.29 is 9.59 Å². The zero-order valence-electron chi connectivity index (χ0n) is 7.46. The molecule has 1 aliphatic rings. The van der Waals surface area contributed by atoms with E-state index in [9.17, 15) is 9.59 Å². The third-order valence-electron chi connectivity index (χ3n) is 1.82. The van der Waals surface area contributed by atoms with Gasteiger partial charge in [0.15, 0.2) is 0 Å². The van der Waals surface area contributed by atoms with Gasteiger partial charge in [-0.1, -0.05) is 18.7 Å². The Morgan fingerprint density at radius 3 is 2.85 bits per heavy atom. The highest BCUT2D eigenvalue weighted by molar-refractivity contribution is 8.13. The van der Waals surface area contributed by atoms with Crippen molar-refractivity contribution >= 4 is 34.5 Å². The van der Waals surface area contributed by atoms with E-state index in [1.807, 2.05) is 6.92 Å². The Hall–Kier alpha value is -0.220. The van der Waals surface area contributed by atoms with Gasteiger partial charge in [0.05, 0.1) is 0 Å². The number of halogens is 1. The van der Waals surface area contributed by atoms with Crippen molar-refractivity contribution in [2.75, 3.05) is 18.2 Å². The predicted octanol–water partition coefficient (Wildman–Crippen LogP) is 1.95. The minimum atomic E-state index is -0.131. The molecule has 0 saturated carbocycles. The highest BCUT2D eigenvalue weighted by Gasteiger charge is 2.27. The van der Waals surface area contributed by atoms with Crippen molar-refractivity contribution in [1.82, 2.24) is 4.90 Å². The molecule has 1 unspecified atom stereocenters. The van der Waals surface area contributed by atoms with Crippen molar-refractivity contribution in [3.8, 4) is 0 Å². The number of amides is 2. The molecule has 3 nitrogen and oxygen atoms in total. The molecule has 0 bridgehead atoms. The summed E-state index contributed by atoms with van der Waals surface area (Å²) in [4.78, 5) is 23.9. The Kier molecular flexibility index (Phi) is 4.06. The summed E-state index contributed by atoms with van der Waals surface area (Å²) in [5, 5.41) is -0.131. The van der Waals surface area contributed by atoms with E-state index in [0.29, 0.717) is 24.6 Å². The number of hydrogen-bond acceptors (Lipinski definition) is 3. The molecule has 1 aliphatic heterocycles. The van der Waals surface area contributed by atoms with Gasteiger partial charge in [-0.3, -0.25) is 14.5 Å². The molecule has 0 N–H and O–H groups in total. The number of imide groups is 1. The lowest BCUT2D eigenvalue weighted by Crippen LogP contribution is -2.41. The number of alkyl halides is 1. The average Bonchev–Trinajstić information content (AvgIpc) is 2.11. The SMILES string of the molecule is CC(CCl)CN1C(=O)CCSC1=O. The molecule has 1 fully saturated rings. The number of nitrogens with zero attached hydrogens (tertiary/aromatic N) is 1. The van der Waals surface area contributed by atoms with Crippen LogP contribution in [0.4, 0.5) is 4.79 Å². The molecule has 1 atom stereocenters. The van der Waals surface area contributed by atoms with Gasteiger partial charge in [0.1, 0.15) is 0 Å². The molecule has 0 spiro atoms. The van der Waals surface area contributed by atoms with Crippen molar-refractivity contribution in [3.05, 3.63) is 0 Å².